The van der Waals surface area contributed by atoms with E-state index in [9.17, 15) is 9.59 Å². The van der Waals surface area contributed by atoms with Crippen LogP contribution in [0.5, 0.6) is 0 Å². The zero-order valence-corrected chi connectivity index (χ0v) is 18.7. The van der Waals surface area contributed by atoms with Crippen LogP contribution >= 0.6 is 11.6 Å². The predicted octanol–water partition coefficient (Wildman–Crippen LogP) is 7.04. The molecule has 0 bridgehead atoms. The highest BCUT2D eigenvalue weighted by Gasteiger charge is 2.21. The lowest BCUT2D eigenvalue weighted by molar-refractivity contribution is 0.102. The molecule has 4 aromatic rings. The summed E-state index contributed by atoms with van der Waals surface area (Å²) in [5.74, 6) is -0.456. The number of carbonyl (C=O) groups is 2. The fourth-order valence-corrected chi connectivity index (χ4v) is 3.96. The number of aromatic nitrogens is 1. The molecule has 0 fully saturated rings. The summed E-state index contributed by atoms with van der Waals surface area (Å²) < 4.78 is 0. The second kappa shape index (κ2) is 9.84. The molecule has 0 radical (unpaired) electrons. The smallest absolute Gasteiger partial charge is 0.255 e. The molecule has 5 heteroatoms. The number of halogens is 1. The van der Waals surface area contributed by atoms with Crippen molar-refractivity contribution < 1.29 is 9.59 Å². The molecule has 0 spiro atoms. The molecule has 3 aromatic carbocycles. The van der Waals surface area contributed by atoms with Gasteiger partial charge in [-0.3, -0.25) is 9.59 Å². The molecular weight excluding hydrogens is 420 g/mol. The van der Waals surface area contributed by atoms with Crippen molar-refractivity contribution in [2.24, 2.45) is 0 Å². The fourth-order valence-electron chi connectivity index (χ4n) is 3.79. The van der Waals surface area contributed by atoms with Gasteiger partial charge in [0.1, 0.15) is 5.69 Å². The summed E-state index contributed by atoms with van der Waals surface area (Å²) in [4.78, 5) is 29.4. The predicted molar refractivity (Wildman–Crippen MR) is 131 cm³/mol. The van der Waals surface area contributed by atoms with Gasteiger partial charge in [-0.2, -0.15) is 0 Å². The summed E-state index contributed by atoms with van der Waals surface area (Å²) >= 11 is 6.15. The highest BCUT2D eigenvalue weighted by molar-refractivity contribution is 6.31. The van der Waals surface area contributed by atoms with Gasteiger partial charge in [-0.25, -0.2) is 0 Å². The van der Waals surface area contributed by atoms with E-state index in [0.29, 0.717) is 33.0 Å². The van der Waals surface area contributed by atoms with Gasteiger partial charge in [0.2, 0.25) is 5.78 Å². The molecule has 0 saturated carbocycles. The maximum atomic E-state index is 13.2. The Morgan fingerprint density at radius 3 is 2.38 bits per heavy atom. The summed E-state index contributed by atoms with van der Waals surface area (Å²) in [6.45, 7) is 2.18. The van der Waals surface area contributed by atoms with Crippen molar-refractivity contribution in [3.8, 4) is 0 Å². The number of ketones is 1. The van der Waals surface area contributed by atoms with E-state index in [2.05, 4.69) is 17.2 Å². The summed E-state index contributed by atoms with van der Waals surface area (Å²) in [7, 11) is 0. The number of benzene rings is 3. The molecule has 0 atom stereocenters. The minimum Gasteiger partial charge on any atom is -0.350 e. The third-order valence-electron chi connectivity index (χ3n) is 5.55. The van der Waals surface area contributed by atoms with E-state index < -0.39 is 0 Å². The van der Waals surface area contributed by atoms with Crippen LogP contribution in [0.25, 0.3) is 10.9 Å². The van der Waals surface area contributed by atoms with Gasteiger partial charge in [-0.05, 0) is 48.7 Å². The Morgan fingerprint density at radius 2 is 1.66 bits per heavy atom. The van der Waals surface area contributed by atoms with E-state index in [1.807, 2.05) is 48.5 Å². The molecule has 0 aliphatic rings. The maximum absolute atomic E-state index is 13.2. The monoisotopic (exact) mass is 444 g/mol. The summed E-state index contributed by atoms with van der Waals surface area (Å²) in [5, 5.41) is 4.24. The molecule has 1 heterocycles. The zero-order chi connectivity index (χ0) is 22.5. The van der Waals surface area contributed by atoms with Crippen molar-refractivity contribution >= 4 is 39.9 Å². The Balaban J connectivity index is 1.64. The molecule has 162 valence electrons. The zero-order valence-electron chi connectivity index (χ0n) is 18.0. The van der Waals surface area contributed by atoms with Gasteiger partial charge in [-0.15, -0.1) is 0 Å². The lowest BCUT2D eigenvalue weighted by Gasteiger charge is -2.08. The molecule has 2 N–H and O–H groups in total. The average Bonchev–Trinajstić information content (AvgIpc) is 3.17. The number of carbonyl (C=O) groups excluding carboxylic acids is 2. The Kier molecular flexibility index (Phi) is 6.72. The number of unbranched alkanes of at least 4 members (excludes halogenated alkanes) is 2. The number of fused-ring (bicyclic) bond motifs is 1. The summed E-state index contributed by atoms with van der Waals surface area (Å²) in [5.41, 5.74) is 3.79. The third-order valence-corrected chi connectivity index (χ3v) is 5.78. The number of hydrogen-bond acceptors (Lipinski definition) is 2. The highest BCUT2D eigenvalue weighted by atomic mass is 35.5. The van der Waals surface area contributed by atoms with Gasteiger partial charge >= 0.3 is 0 Å². The molecular formula is C27H25ClN2O2. The van der Waals surface area contributed by atoms with Crippen molar-refractivity contribution in [1.29, 1.82) is 0 Å². The maximum Gasteiger partial charge on any atom is 0.255 e. The summed E-state index contributed by atoms with van der Waals surface area (Å²) in [6, 6.07) is 22.0. The first-order chi connectivity index (χ1) is 15.6. The number of amides is 1. The first-order valence-corrected chi connectivity index (χ1v) is 11.3. The molecule has 32 heavy (non-hydrogen) atoms. The van der Waals surface area contributed by atoms with Gasteiger partial charge < -0.3 is 10.3 Å². The second-order valence-corrected chi connectivity index (χ2v) is 8.30. The third kappa shape index (κ3) is 4.76. The van der Waals surface area contributed by atoms with Gasteiger partial charge in [-0.1, -0.05) is 73.8 Å². The lowest BCUT2D eigenvalue weighted by atomic mass is 10.0. The van der Waals surface area contributed by atoms with Crippen molar-refractivity contribution in [3.05, 3.63) is 100 Å². The van der Waals surface area contributed by atoms with Crippen molar-refractivity contribution in [2.75, 3.05) is 5.32 Å². The summed E-state index contributed by atoms with van der Waals surface area (Å²) in [6.07, 6.45) is 4.53. The standard InChI is InChI=1S/C27H25ClN2O2/c1-2-3-5-8-18-11-13-20(14-12-18)27(32)30-24-22-16-15-21(28)17-23(22)29-25(24)26(31)19-9-6-4-7-10-19/h4,6-7,9-17,29H,2-3,5,8H2,1H3,(H,30,32). The van der Waals surface area contributed by atoms with E-state index in [0.717, 1.165) is 18.2 Å². The van der Waals surface area contributed by atoms with Crippen LogP contribution < -0.4 is 5.32 Å². The van der Waals surface area contributed by atoms with E-state index in [1.54, 1.807) is 24.3 Å². The molecule has 0 aliphatic heterocycles. The Morgan fingerprint density at radius 1 is 0.906 bits per heavy atom. The van der Waals surface area contributed by atoms with Crippen molar-refractivity contribution in [1.82, 2.24) is 4.98 Å². The van der Waals surface area contributed by atoms with Crippen LogP contribution in [0.2, 0.25) is 5.02 Å². The van der Waals surface area contributed by atoms with E-state index in [4.69, 9.17) is 11.6 Å². The second-order valence-electron chi connectivity index (χ2n) is 7.87. The van der Waals surface area contributed by atoms with Crippen LogP contribution in [-0.4, -0.2) is 16.7 Å². The van der Waals surface area contributed by atoms with Crippen LogP contribution in [0.15, 0.2) is 72.8 Å². The first-order valence-electron chi connectivity index (χ1n) is 10.9. The number of aryl methyl sites for hydroxylation is 1. The molecule has 4 nitrogen and oxygen atoms in total. The van der Waals surface area contributed by atoms with Gasteiger partial charge in [0.15, 0.2) is 0 Å². The number of hydrogen-bond donors (Lipinski definition) is 2. The minimum absolute atomic E-state index is 0.195. The van der Waals surface area contributed by atoms with Gasteiger partial charge in [0, 0.05) is 27.1 Å². The fraction of sp³-hybridized carbons (Fsp3) is 0.185. The molecule has 0 aliphatic carbocycles. The number of nitrogens with one attached hydrogen (secondary N) is 2. The number of anilines is 1. The van der Waals surface area contributed by atoms with Crippen LogP contribution in [0.4, 0.5) is 5.69 Å². The van der Waals surface area contributed by atoms with Crippen molar-refractivity contribution in [3.63, 3.8) is 0 Å². The molecule has 1 aromatic heterocycles. The van der Waals surface area contributed by atoms with E-state index in [1.165, 1.54) is 18.4 Å². The van der Waals surface area contributed by atoms with Crippen LogP contribution in [0.1, 0.15) is 58.2 Å². The molecule has 1 amide bonds. The van der Waals surface area contributed by atoms with E-state index >= 15 is 0 Å². The van der Waals surface area contributed by atoms with Crippen molar-refractivity contribution in [2.45, 2.75) is 32.6 Å². The quantitative estimate of drug-likeness (QED) is 0.226. The largest absolute Gasteiger partial charge is 0.350 e. The molecule has 0 saturated heterocycles. The Hall–Kier alpha value is -3.37. The Bertz CT molecular complexity index is 1240. The number of H-pyrrole nitrogens is 1. The van der Waals surface area contributed by atoms with Crippen LogP contribution in [0, 0.1) is 0 Å². The topological polar surface area (TPSA) is 62.0 Å². The van der Waals surface area contributed by atoms with Gasteiger partial charge in [0.25, 0.3) is 5.91 Å². The SMILES string of the molecule is CCCCCc1ccc(C(=O)Nc2c(C(=O)c3ccccc3)[nH]c3cc(Cl)ccc23)cc1. The minimum atomic E-state index is -0.261. The Labute approximate surface area is 192 Å². The normalized spacial score (nSPS) is 10.9. The lowest BCUT2D eigenvalue weighted by Crippen LogP contribution is -2.15. The first kappa shape index (κ1) is 21.8. The average molecular weight is 445 g/mol. The molecule has 4 rings (SSSR count). The van der Waals surface area contributed by atoms with Gasteiger partial charge in [0.05, 0.1) is 5.69 Å². The number of aromatic amines is 1. The number of rotatable bonds is 8. The highest BCUT2D eigenvalue weighted by Crippen LogP contribution is 2.31. The molecule has 0 unspecified atom stereocenters. The van der Waals surface area contributed by atoms with Crippen LogP contribution in [0.3, 0.4) is 0 Å². The van der Waals surface area contributed by atoms with Crippen LogP contribution in [-0.2, 0) is 6.42 Å². The van der Waals surface area contributed by atoms with E-state index in [-0.39, 0.29) is 11.7 Å².